The minimum absolute atomic E-state index is 0.248. The van der Waals surface area contributed by atoms with Crippen LogP contribution in [0.5, 0.6) is 0 Å². The molecule has 1 heterocycles. The summed E-state index contributed by atoms with van der Waals surface area (Å²) in [5.74, 6) is 0. The summed E-state index contributed by atoms with van der Waals surface area (Å²) < 4.78 is 5.33. The van der Waals surface area contributed by atoms with Crippen LogP contribution in [0.25, 0.3) is 0 Å². The first-order valence-corrected chi connectivity index (χ1v) is 7.41. The average molecular weight is 288 g/mol. The quantitative estimate of drug-likeness (QED) is 0.853. The number of ether oxygens (including phenoxy) is 1. The van der Waals surface area contributed by atoms with E-state index in [2.05, 4.69) is 21.2 Å². The largest absolute Gasteiger partial charge is 0.379 e. The lowest BCUT2D eigenvalue weighted by molar-refractivity contribution is 0.0383. The molecule has 1 atom stereocenters. The van der Waals surface area contributed by atoms with E-state index in [9.17, 15) is 5.26 Å². The van der Waals surface area contributed by atoms with Crippen LogP contribution in [0.4, 0.5) is 5.69 Å². The second-order valence-electron chi connectivity index (χ2n) is 5.46. The molecule has 0 aromatic heterocycles. The van der Waals surface area contributed by atoms with Crippen molar-refractivity contribution in [2.45, 2.75) is 6.04 Å². The van der Waals surface area contributed by atoms with Gasteiger partial charge in [0, 0.05) is 46.0 Å². The summed E-state index contributed by atoms with van der Waals surface area (Å²) in [4.78, 5) is 4.41. The highest BCUT2D eigenvalue weighted by Crippen LogP contribution is 2.17. The van der Waals surface area contributed by atoms with E-state index in [1.54, 1.807) is 0 Å². The summed E-state index contributed by atoms with van der Waals surface area (Å²) in [6.45, 7) is 5.36. The van der Waals surface area contributed by atoms with Crippen molar-refractivity contribution >= 4 is 5.69 Å². The van der Waals surface area contributed by atoms with Gasteiger partial charge in [-0.1, -0.05) is 12.1 Å². The monoisotopic (exact) mass is 288 g/mol. The maximum absolute atomic E-state index is 9.34. The third-order valence-electron chi connectivity index (χ3n) is 3.75. The summed E-state index contributed by atoms with van der Waals surface area (Å²) >= 11 is 0. The Kier molecular flexibility index (Phi) is 6.00. The number of morpholine rings is 1. The minimum Gasteiger partial charge on any atom is -0.379 e. The van der Waals surface area contributed by atoms with E-state index in [0.717, 1.165) is 50.6 Å². The number of hydrogen-bond donors (Lipinski definition) is 1. The summed E-state index contributed by atoms with van der Waals surface area (Å²) in [6, 6.07) is 10.2. The van der Waals surface area contributed by atoms with Gasteiger partial charge in [-0.15, -0.1) is 0 Å². The van der Waals surface area contributed by atoms with Gasteiger partial charge in [0.2, 0.25) is 0 Å². The van der Waals surface area contributed by atoms with E-state index in [1.165, 1.54) is 0 Å². The molecule has 0 radical (unpaired) electrons. The highest BCUT2D eigenvalue weighted by molar-refractivity contribution is 5.47. The molecule has 1 aromatic carbocycles. The number of rotatable bonds is 6. The lowest BCUT2D eigenvalue weighted by Crippen LogP contribution is -2.40. The van der Waals surface area contributed by atoms with Crippen molar-refractivity contribution in [1.29, 1.82) is 5.26 Å². The fourth-order valence-corrected chi connectivity index (χ4v) is 2.39. The standard InChI is InChI=1S/C16H24N4O/c1-19(2)15-5-3-14(4-6-15)16(13-17)18-7-8-20-9-11-21-12-10-20/h3-6,16,18H,7-12H2,1-2H3. The molecule has 1 aliphatic rings. The van der Waals surface area contributed by atoms with Crippen molar-refractivity contribution in [2.24, 2.45) is 0 Å². The second-order valence-corrected chi connectivity index (χ2v) is 5.46. The maximum atomic E-state index is 9.34. The average Bonchev–Trinajstić information content (AvgIpc) is 2.53. The van der Waals surface area contributed by atoms with Gasteiger partial charge in [0.1, 0.15) is 6.04 Å². The zero-order chi connectivity index (χ0) is 15.1. The molecule has 1 N–H and O–H groups in total. The Morgan fingerprint density at radius 1 is 1.29 bits per heavy atom. The summed E-state index contributed by atoms with van der Waals surface area (Å²) in [7, 11) is 4.02. The first-order valence-electron chi connectivity index (χ1n) is 7.41. The van der Waals surface area contributed by atoms with Crippen molar-refractivity contribution < 1.29 is 4.74 Å². The third-order valence-corrected chi connectivity index (χ3v) is 3.75. The molecule has 5 nitrogen and oxygen atoms in total. The Hall–Kier alpha value is -1.61. The minimum atomic E-state index is -0.248. The topological polar surface area (TPSA) is 51.5 Å². The molecule has 1 fully saturated rings. The molecule has 1 unspecified atom stereocenters. The van der Waals surface area contributed by atoms with Gasteiger partial charge in [-0.3, -0.25) is 10.2 Å². The van der Waals surface area contributed by atoms with Gasteiger partial charge in [0.15, 0.2) is 0 Å². The smallest absolute Gasteiger partial charge is 0.121 e. The van der Waals surface area contributed by atoms with Crippen molar-refractivity contribution in [1.82, 2.24) is 10.2 Å². The van der Waals surface area contributed by atoms with Crippen LogP contribution in [0.1, 0.15) is 11.6 Å². The number of nitriles is 1. The zero-order valence-electron chi connectivity index (χ0n) is 12.9. The molecule has 1 aromatic rings. The predicted molar refractivity (Wildman–Crippen MR) is 84.4 cm³/mol. The molecule has 5 heteroatoms. The second kappa shape index (κ2) is 7.99. The van der Waals surface area contributed by atoms with Gasteiger partial charge < -0.3 is 9.64 Å². The molecule has 0 spiro atoms. The third kappa shape index (κ3) is 4.71. The number of nitrogens with one attached hydrogen (secondary N) is 1. The first kappa shape index (κ1) is 15.8. The van der Waals surface area contributed by atoms with Crippen LogP contribution >= 0.6 is 0 Å². The molecule has 2 rings (SSSR count). The van der Waals surface area contributed by atoms with Gasteiger partial charge in [-0.05, 0) is 17.7 Å². The molecule has 1 aliphatic heterocycles. The zero-order valence-corrected chi connectivity index (χ0v) is 12.9. The number of nitrogens with zero attached hydrogens (tertiary/aromatic N) is 3. The van der Waals surface area contributed by atoms with Crippen LogP contribution in [-0.2, 0) is 4.74 Å². The van der Waals surface area contributed by atoms with E-state index in [-0.39, 0.29) is 6.04 Å². The highest BCUT2D eigenvalue weighted by atomic mass is 16.5. The Bertz CT molecular complexity index is 460. The molecule has 114 valence electrons. The molecule has 21 heavy (non-hydrogen) atoms. The normalized spacial score (nSPS) is 17.2. The van der Waals surface area contributed by atoms with Crippen molar-refractivity contribution in [3.05, 3.63) is 29.8 Å². The van der Waals surface area contributed by atoms with Gasteiger partial charge >= 0.3 is 0 Å². The Morgan fingerprint density at radius 3 is 2.52 bits per heavy atom. The van der Waals surface area contributed by atoms with E-state index in [4.69, 9.17) is 4.74 Å². The maximum Gasteiger partial charge on any atom is 0.121 e. The van der Waals surface area contributed by atoms with Crippen LogP contribution in [0.2, 0.25) is 0 Å². The predicted octanol–water partition coefficient (Wildman–Crippen LogP) is 1.24. The van der Waals surface area contributed by atoms with Crippen LogP contribution < -0.4 is 10.2 Å². The molecule has 0 amide bonds. The Morgan fingerprint density at radius 2 is 1.95 bits per heavy atom. The number of benzene rings is 1. The van der Waals surface area contributed by atoms with Crippen LogP contribution in [-0.4, -0.2) is 58.4 Å². The van der Waals surface area contributed by atoms with Gasteiger partial charge in [0.05, 0.1) is 19.3 Å². The van der Waals surface area contributed by atoms with E-state index in [1.807, 2.05) is 38.4 Å². The lowest BCUT2D eigenvalue weighted by atomic mass is 10.1. The molecule has 0 saturated carbocycles. The van der Waals surface area contributed by atoms with Crippen molar-refractivity contribution in [3.8, 4) is 6.07 Å². The fourth-order valence-electron chi connectivity index (χ4n) is 2.39. The molecular formula is C16H24N4O. The molecule has 0 aliphatic carbocycles. The number of anilines is 1. The van der Waals surface area contributed by atoms with Crippen LogP contribution in [0.3, 0.4) is 0 Å². The fraction of sp³-hybridized carbons (Fsp3) is 0.562. The van der Waals surface area contributed by atoms with Crippen LogP contribution in [0, 0.1) is 11.3 Å². The van der Waals surface area contributed by atoms with E-state index < -0.39 is 0 Å². The molecule has 1 saturated heterocycles. The van der Waals surface area contributed by atoms with Gasteiger partial charge in [-0.25, -0.2) is 0 Å². The van der Waals surface area contributed by atoms with Crippen LogP contribution in [0.15, 0.2) is 24.3 Å². The highest BCUT2D eigenvalue weighted by Gasteiger charge is 2.13. The Balaban J connectivity index is 1.83. The summed E-state index contributed by atoms with van der Waals surface area (Å²) in [5.41, 5.74) is 2.16. The van der Waals surface area contributed by atoms with Crippen molar-refractivity contribution in [2.75, 3.05) is 58.4 Å². The van der Waals surface area contributed by atoms with E-state index in [0.29, 0.717) is 0 Å². The van der Waals surface area contributed by atoms with Gasteiger partial charge in [0.25, 0.3) is 0 Å². The summed E-state index contributed by atoms with van der Waals surface area (Å²) in [6.07, 6.45) is 0. The first-order chi connectivity index (χ1) is 10.2. The summed E-state index contributed by atoms with van der Waals surface area (Å²) in [5, 5.41) is 12.7. The lowest BCUT2D eigenvalue weighted by Gasteiger charge is -2.27. The SMILES string of the molecule is CN(C)c1ccc(C(C#N)NCCN2CCOCC2)cc1. The van der Waals surface area contributed by atoms with E-state index >= 15 is 0 Å². The number of hydrogen-bond acceptors (Lipinski definition) is 5. The Labute approximate surface area is 127 Å². The molecule has 0 bridgehead atoms. The van der Waals surface area contributed by atoms with Crippen molar-refractivity contribution in [3.63, 3.8) is 0 Å². The molecular weight excluding hydrogens is 264 g/mol. The van der Waals surface area contributed by atoms with Gasteiger partial charge in [-0.2, -0.15) is 5.26 Å².